The van der Waals surface area contributed by atoms with Gasteiger partial charge in [-0.05, 0) is 48.4 Å². The monoisotopic (exact) mass is 385 g/mol. The van der Waals surface area contributed by atoms with Gasteiger partial charge in [0.25, 0.3) is 0 Å². The number of halogens is 3. The number of hydrogen-bond donors (Lipinski definition) is 1. The minimum Gasteiger partial charge on any atom is -0.306 e. The fraction of sp³-hybridized carbons (Fsp3) is 0.200. The van der Waals surface area contributed by atoms with Gasteiger partial charge < -0.3 is 5.32 Å². The van der Waals surface area contributed by atoms with E-state index in [2.05, 4.69) is 56.2 Å². The lowest BCUT2D eigenvalue weighted by Gasteiger charge is -2.15. The molecule has 1 atom stereocenters. The van der Waals surface area contributed by atoms with E-state index in [0.29, 0.717) is 6.54 Å². The molecule has 4 heteroatoms. The molecule has 0 fully saturated rings. The minimum atomic E-state index is -0.213. The molecule has 2 aromatic rings. The van der Waals surface area contributed by atoms with Gasteiger partial charge in [0.05, 0.1) is 0 Å². The standard InChI is InChI=1S/C15H14Br2FN/c1-10(11-3-2-4-13(16)7-11)19-9-12-8-14(18)5-6-15(12)17/h2-8,10,19H,9H2,1H3. The van der Waals surface area contributed by atoms with Gasteiger partial charge in [-0.15, -0.1) is 0 Å². The summed E-state index contributed by atoms with van der Waals surface area (Å²) in [6.07, 6.45) is 0. The van der Waals surface area contributed by atoms with Crippen LogP contribution in [0.3, 0.4) is 0 Å². The molecule has 2 rings (SSSR count). The molecule has 0 radical (unpaired) electrons. The van der Waals surface area contributed by atoms with Crippen LogP contribution < -0.4 is 5.32 Å². The normalized spacial score (nSPS) is 12.4. The Bertz CT molecular complexity index is 572. The molecular formula is C15H14Br2FN. The van der Waals surface area contributed by atoms with Crippen molar-refractivity contribution in [3.05, 3.63) is 68.4 Å². The smallest absolute Gasteiger partial charge is 0.123 e. The van der Waals surface area contributed by atoms with Crippen molar-refractivity contribution in [2.75, 3.05) is 0 Å². The summed E-state index contributed by atoms with van der Waals surface area (Å²) < 4.78 is 15.2. The Morgan fingerprint density at radius 1 is 1.16 bits per heavy atom. The highest BCUT2D eigenvalue weighted by molar-refractivity contribution is 9.10. The molecule has 0 aliphatic heterocycles. The number of rotatable bonds is 4. The van der Waals surface area contributed by atoms with E-state index in [1.807, 2.05) is 12.1 Å². The van der Waals surface area contributed by atoms with Crippen LogP contribution in [-0.4, -0.2) is 0 Å². The Morgan fingerprint density at radius 3 is 2.68 bits per heavy atom. The minimum absolute atomic E-state index is 0.202. The van der Waals surface area contributed by atoms with Gasteiger partial charge >= 0.3 is 0 Å². The van der Waals surface area contributed by atoms with E-state index in [9.17, 15) is 4.39 Å². The number of nitrogens with one attached hydrogen (secondary N) is 1. The number of hydrogen-bond acceptors (Lipinski definition) is 1. The fourth-order valence-corrected chi connectivity index (χ4v) is 2.64. The van der Waals surface area contributed by atoms with Crippen LogP contribution in [-0.2, 0) is 6.54 Å². The van der Waals surface area contributed by atoms with Crippen molar-refractivity contribution in [3.8, 4) is 0 Å². The number of benzene rings is 2. The molecular weight excluding hydrogens is 373 g/mol. The van der Waals surface area contributed by atoms with Crippen molar-refractivity contribution < 1.29 is 4.39 Å². The lowest BCUT2D eigenvalue weighted by molar-refractivity contribution is 0.568. The molecule has 1 nitrogen and oxygen atoms in total. The molecule has 1 unspecified atom stereocenters. The molecule has 0 amide bonds. The lowest BCUT2D eigenvalue weighted by Crippen LogP contribution is -2.18. The average Bonchev–Trinajstić information content (AvgIpc) is 2.39. The zero-order valence-electron chi connectivity index (χ0n) is 10.5. The third-order valence-electron chi connectivity index (χ3n) is 2.96. The molecule has 0 saturated heterocycles. The Morgan fingerprint density at radius 2 is 1.95 bits per heavy atom. The van der Waals surface area contributed by atoms with Crippen molar-refractivity contribution >= 4 is 31.9 Å². The molecule has 19 heavy (non-hydrogen) atoms. The Balaban J connectivity index is 2.04. The second-order valence-corrected chi connectivity index (χ2v) is 6.16. The molecule has 0 aromatic heterocycles. The third kappa shape index (κ3) is 4.13. The Hall–Kier alpha value is -0.710. The highest BCUT2D eigenvalue weighted by Gasteiger charge is 2.07. The van der Waals surface area contributed by atoms with Crippen LogP contribution in [0.5, 0.6) is 0 Å². The average molecular weight is 387 g/mol. The summed E-state index contributed by atoms with van der Waals surface area (Å²) in [5, 5.41) is 3.39. The van der Waals surface area contributed by atoms with Crippen LogP contribution in [0.15, 0.2) is 51.4 Å². The first-order valence-electron chi connectivity index (χ1n) is 5.99. The molecule has 100 valence electrons. The van der Waals surface area contributed by atoms with E-state index in [-0.39, 0.29) is 11.9 Å². The highest BCUT2D eigenvalue weighted by Crippen LogP contribution is 2.21. The second-order valence-electron chi connectivity index (χ2n) is 4.39. The first-order chi connectivity index (χ1) is 9.06. The Labute approximate surface area is 129 Å². The molecule has 2 aromatic carbocycles. The van der Waals surface area contributed by atoms with Gasteiger partial charge in [0.2, 0.25) is 0 Å². The van der Waals surface area contributed by atoms with Crippen LogP contribution >= 0.6 is 31.9 Å². The maximum absolute atomic E-state index is 13.2. The van der Waals surface area contributed by atoms with Crippen LogP contribution in [0.2, 0.25) is 0 Å². The van der Waals surface area contributed by atoms with E-state index in [1.54, 1.807) is 12.1 Å². The molecule has 0 heterocycles. The van der Waals surface area contributed by atoms with E-state index in [0.717, 1.165) is 14.5 Å². The quantitative estimate of drug-likeness (QED) is 0.761. The van der Waals surface area contributed by atoms with Crippen molar-refractivity contribution in [1.82, 2.24) is 5.32 Å². The van der Waals surface area contributed by atoms with E-state index in [1.165, 1.54) is 11.6 Å². The van der Waals surface area contributed by atoms with Crippen molar-refractivity contribution in [2.24, 2.45) is 0 Å². The van der Waals surface area contributed by atoms with E-state index in [4.69, 9.17) is 0 Å². The summed E-state index contributed by atoms with van der Waals surface area (Å²) in [4.78, 5) is 0. The maximum atomic E-state index is 13.2. The van der Waals surface area contributed by atoms with Gasteiger partial charge in [-0.2, -0.15) is 0 Å². The van der Waals surface area contributed by atoms with Gasteiger partial charge in [0.15, 0.2) is 0 Å². The van der Waals surface area contributed by atoms with Crippen molar-refractivity contribution in [3.63, 3.8) is 0 Å². The van der Waals surface area contributed by atoms with Gasteiger partial charge in [0.1, 0.15) is 5.82 Å². The zero-order valence-corrected chi connectivity index (χ0v) is 13.6. The highest BCUT2D eigenvalue weighted by atomic mass is 79.9. The topological polar surface area (TPSA) is 12.0 Å². The van der Waals surface area contributed by atoms with E-state index >= 15 is 0 Å². The van der Waals surface area contributed by atoms with Gasteiger partial charge in [-0.1, -0.05) is 44.0 Å². The predicted octanol–water partition coefficient (Wildman–Crippen LogP) is 5.20. The van der Waals surface area contributed by atoms with Crippen LogP contribution in [0.4, 0.5) is 4.39 Å². The maximum Gasteiger partial charge on any atom is 0.123 e. The summed E-state index contributed by atoms with van der Waals surface area (Å²) in [5.41, 5.74) is 2.11. The molecule has 0 bridgehead atoms. The van der Waals surface area contributed by atoms with Crippen molar-refractivity contribution in [1.29, 1.82) is 0 Å². The zero-order chi connectivity index (χ0) is 13.8. The lowest BCUT2D eigenvalue weighted by atomic mass is 10.1. The summed E-state index contributed by atoms with van der Waals surface area (Å²) in [6, 6.07) is 13.1. The van der Waals surface area contributed by atoms with E-state index < -0.39 is 0 Å². The summed E-state index contributed by atoms with van der Waals surface area (Å²) in [7, 11) is 0. The molecule has 0 aliphatic rings. The SMILES string of the molecule is CC(NCc1cc(F)ccc1Br)c1cccc(Br)c1. The molecule has 0 aliphatic carbocycles. The van der Waals surface area contributed by atoms with Crippen LogP contribution in [0.25, 0.3) is 0 Å². The second kappa shape index (κ2) is 6.64. The van der Waals surface area contributed by atoms with Gasteiger partial charge in [-0.3, -0.25) is 0 Å². The molecule has 1 N–H and O–H groups in total. The summed E-state index contributed by atoms with van der Waals surface area (Å²) in [5.74, 6) is -0.213. The summed E-state index contributed by atoms with van der Waals surface area (Å²) >= 11 is 6.90. The van der Waals surface area contributed by atoms with Gasteiger partial charge in [-0.25, -0.2) is 4.39 Å². The largest absolute Gasteiger partial charge is 0.306 e. The summed E-state index contributed by atoms with van der Waals surface area (Å²) in [6.45, 7) is 2.71. The first-order valence-corrected chi connectivity index (χ1v) is 7.57. The fourth-order valence-electron chi connectivity index (χ4n) is 1.84. The molecule has 0 spiro atoms. The van der Waals surface area contributed by atoms with Crippen molar-refractivity contribution in [2.45, 2.75) is 19.5 Å². The third-order valence-corrected chi connectivity index (χ3v) is 4.22. The van der Waals surface area contributed by atoms with Gasteiger partial charge in [0, 0.05) is 21.5 Å². The first kappa shape index (κ1) is 14.7. The van der Waals surface area contributed by atoms with Crippen LogP contribution in [0.1, 0.15) is 24.1 Å². The predicted molar refractivity (Wildman–Crippen MR) is 83.5 cm³/mol. The Kier molecular flexibility index (Phi) is 5.13. The van der Waals surface area contributed by atoms with Crippen LogP contribution in [0, 0.1) is 5.82 Å². The molecule has 0 saturated carbocycles.